The predicted molar refractivity (Wildman–Crippen MR) is 121 cm³/mol. The molecular formula is C20H48N2O2Si2. The van der Waals surface area contributed by atoms with E-state index in [9.17, 15) is 0 Å². The first-order valence-corrected chi connectivity index (χ1v) is 16.9. The van der Waals surface area contributed by atoms with Crippen LogP contribution >= 0.6 is 0 Å². The molecule has 0 aliphatic carbocycles. The van der Waals surface area contributed by atoms with Crippen molar-refractivity contribution in [1.82, 2.24) is 4.90 Å². The first-order valence-electron chi connectivity index (χ1n) is 10.9. The number of nitrogens with zero attached hydrogens (tertiary/aromatic N) is 1. The average Bonchev–Trinajstić information content (AvgIpc) is 2.54. The van der Waals surface area contributed by atoms with Gasteiger partial charge in [0.15, 0.2) is 0 Å². The lowest BCUT2D eigenvalue weighted by Gasteiger charge is -2.48. The highest BCUT2D eigenvalue weighted by atomic mass is 28.4. The smallest absolute Gasteiger partial charge is 0.203 e. The van der Waals surface area contributed by atoms with Gasteiger partial charge in [0.2, 0.25) is 16.6 Å². The minimum Gasteiger partial charge on any atom is -0.416 e. The van der Waals surface area contributed by atoms with E-state index in [1.807, 2.05) is 0 Å². The van der Waals surface area contributed by atoms with Gasteiger partial charge in [-0.15, -0.1) is 0 Å². The minimum atomic E-state index is -1.78. The predicted octanol–water partition coefficient (Wildman–Crippen LogP) is 4.93. The van der Waals surface area contributed by atoms with Gasteiger partial charge in [-0.05, 0) is 78.8 Å². The number of hydrogen-bond acceptors (Lipinski definition) is 4. The molecule has 0 spiro atoms. The Labute approximate surface area is 166 Å². The zero-order valence-corrected chi connectivity index (χ0v) is 21.1. The third-order valence-corrected chi connectivity index (χ3v) is 12.3. The number of hydrogen-bond donors (Lipinski definition) is 1. The average molecular weight is 405 g/mol. The Hall–Kier alpha value is 0.274. The fourth-order valence-corrected chi connectivity index (χ4v) is 10.7. The molecule has 0 fully saturated rings. The van der Waals surface area contributed by atoms with E-state index < -0.39 is 16.6 Å². The van der Waals surface area contributed by atoms with Gasteiger partial charge >= 0.3 is 0 Å². The van der Waals surface area contributed by atoms with E-state index >= 15 is 0 Å². The topological polar surface area (TPSA) is 47.7 Å². The van der Waals surface area contributed by atoms with E-state index in [0.717, 1.165) is 45.6 Å². The summed E-state index contributed by atoms with van der Waals surface area (Å²) < 4.78 is 12.7. The number of rotatable bonds is 16. The standard InChI is InChI=1S/C20H48N2O2Si2/c1-9-19(25(5,6)23-11-3)22(18-16-14-13-15-17-21)20(10-2)26(7,8)24-12-4/h19-20H,9-18,21H2,1-8H3. The Kier molecular flexibility index (Phi) is 13.6. The highest BCUT2D eigenvalue weighted by molar-refractivity contribution is 6.74. The molecule has 4 nitrogen and oxygen atoms in total. The van der Waals surface area contributed by atoms with Crippen LogP contribution in [0.4, 0.5) is 0 Å². The van der Waals surface area contributed by atoms with Crippen LogP contribution in [0.25, 0.3) is 0 Å². The molecule has 0 aliphatic rings. The quantitative estimate of drug-likeness (QED) is 0.293. The maximum Gasteiger partial charge on any atom is 0.203 e. The highest BCUT2D eigenvalue weighted by Crippen LogP contribution is 2.28. The van der Waals surface area contributed by atoms with E-state index in [2.05, 4.69) is 58.8 Å². The first-order chi connectivity index (χ1) is 12.2. The van der Waals surface area contributed by atoms with Crippen molar-refractivity contribution in [3.05, 3.63) is 0 Å². The third kappa shape index (κ3) is 8.52. The van der Waals surface area contributed by atoms with Gasteiger partial charge in [0.1, 0.15) is 0 Å². The van der Waals surface area contributed by atoms with Gasteiger partial charge in [0.25, 0.3) is 0 Å². The fraction of sp³-hybridized carbons (Fsp3) is 1.00. The van der Waals surface area contributed by atoms with Gasteiger partial charge in [-0.25, -0.2) is 0 Å². The van der Waals surface area contributed by atoms with Crippen molar-refractivity contribution in [2.45, 2.75) is 104 Å². The molecule has 0 rings (SSSR count). The molecule has 0 radical (unpaired) electrons. The van der Waals surface area contributed by atoms with Crippen LogP contribution in [-0.2, 0) is 8.85 Å². The molecule has 26 heavy (non-hydrogen) atoms. The van der Waals surface area contributed by atoms with E-state index in [0.29, 0.717) is 11.3 Å². The SMILES string of the molecule is CCO[Si](C)(C)C(CC)N(CCCCCCN)C(CC)[Si](C)(C)OCC. The van der Waals surface area contributed by atoms with Gasteiger partial charge in [-0.3, -0.25) is 4.90 Å². The van der Waals surface area contributed by atoms with Crippen LogP contribution < -0.4 is 5.73 Å². The zero-order valence-electron chi connectivity index (χ0n) is 19.1. The van der Waals surface area contributed by atoms with Gasteiger partial charge in [0.05, 0.1) is 0 Å². The van der Waals surface area contributed by atoms with Crippen LogP contribution in [0.2, 0.25) is 26.2 Å². The molecule has 0 amide bonds. The lowest BCUT2D eigenvalue weighted by atomic mass is 10.2. The lowest BCUT2D eigenvalue weighted by molar-refractivity contribution is 0.158. The summed E-state index contributed by atoms with van der Waals surface area (Å²) in [6, 6.07) is 0. The second-order valence-electron chi connectivity index (χ2n) is 8.36. The van der Waals surface area contributed by atoms with Crippen molar-refractivity contribution in [1.29, 1.82) is 0 Å². The Balaban J connectivity index is 5.47. The molecule has 158 valence electrons. The zero-order chi connectivity index (χ0) is 20.2. The molecule has 0 aromatic carbocycles. The summed E-state index contributed by atoms with van der Waals surface area (Å²) in [7, 11) is -3.56. The summed E-state index contributed by atoms with van der Waals surface area (Å²) in [5.74, 6) is 0. The van der Waals surface area contributed by atoms with Crippen molar-refractivity contribution in [2.75, 3.05) is 26.3 Å². The summed E-state index contributed by atoms with van der Waals surface area (Å²) in [6.07, 6.45) is 7.24. The van der Waals surface area contributed by atoms with Crippen molar-refractivity contribution in [2.24, 2.45) is 5.73 Å². The summed E-state index contributed by atoms with van der Waals surface area (Å²) in [4.78, 5) is 2.81. The van der Waals surface area contributed by atoms with Gasteiger partial charge in [-0.2, -0.15) is 0 Å². The van der Waals surface area contributed by atoms with Crippen molar-refractivity contribution < 1.29 is 8.85 Å². The molecule has 6 heteroatoms. The van der Waals surface area contributed by atoms with Crippen LogP contribution in [0.5, 0.6) is 0 Å². The molecule has 0 aliphatic heterocycles. The minimum absolute atomic E-state index is 0.550. The van der Waals surface area contributed by atoms with E-state index in [1.54, 1.807) is 0 Å². The molecule has 0 aromatic rings. The number of nitrogens with two attached hydrogens (primary N) is 1. The molecule has 0 saturated heterocycles. The Morgan fingerprint density at radius 1 is 0.731 bits per heavy atom. The van der Waals surface area contributed by atoms with Crippen LogP contribution in [-0.4, -0.2) is 59.2 Å². The Morgan fingerprint density at radius 2 is 1.15 bits per heavy atom. The maximum absolute atomic E-state index is 6.33. The van der Waals surface area contributed by atoms with Gasteiger partial charge in [0, 0.05) is 24.5 Å². The Morgan fingerprint density at radius 3 is 1.50 bits per heavy atom. The van der Waals surface area contributed by atoms with E-state index in [1.165, 1.54) is 19.3 Å². The molecule has 0 saturated carbocycles. The van der Waals surface area contributed by atoms with Crippen molar-refractivity contribution in [3.8, 4) is 0 Å². The van der Waals surface area contributed by atoms with Crippen LogP contribution in [0.3, 0.4) is 0 Å². The largest absolute Gasteiger partial charge is 0.416 e. The van der Waals surface area contributed by atoms with E-state index in [-0.39, 0.29) is 0 Å². The molecular weight excluding hydrogens is 356 g/mol. The fourth-order valence-electron chi connectivity index (χ4n) is 4.51. The second kappa shape index (κ2) is 13.5. The second-order valence-corrected chi connectivity index (χ2v) is 16.7. The van der Waals surface area contributed by atoms with Crippen LogP contribution in [0.15, 0.2) is 0 Å². The first kappa shape index (κ1) is 26.3. The molecule has 2 unspecified atom stereocenters. The molecule has 0 heterocycles. The molecule has 0 aromatic heterocycles. The summed E-state index contributed by atoms with van der Waals surface area (Å²) in [5.41, 5.74) is 6.76. The van der Waals surface area contributed by atoms with E-state index in [4.69, 9.17) is 14.6 Å². The highest BCUT2D eigenvalue weighted by Gasteiger charge is 2.44. The van der Waals surface area contributed by atoms with Crippen molar-refractivity contribution >= 4 is 16.6 Å². The number of unbranched alkanes of at least 4 members (excludes halogenated alkanes) is 3. The van der Waals surface area contributed by atoms with Crippen LogP contribution in [0.1, 0.15) is 66.2 Å². The molecule has 0 bridgehead atoms. The van der Waals surface area contributed by atoms with Crippen LogP contribution in [0, 0.1) is 0 Å². The molecule has 2 atom stereocenters. The lowest BCUT2D eigenvalue weighted by Crippen LogP contribution is -2.64. The van der Waals surface area contributed by atoms with Gasteiger partial charge in [-0.1, -0.05) is 26.7 Å². The molecule has 2 N–H and O–H groups in total. The third-order valence-electron chi connectivity index (χ3n) is 5.58. The van der Waals surface area contributed by atoms with Crippen molar-refractivity contribution in [3.63, 3.8) is 0 Å². The summed E-state index contributed by atoms with van der Waals surface area (Å²) in [5, 5.41) is 0. The normalized spacial score (nSPS) is 15.5. The monoisotopic (exact) mass is 404 g/mol. The Bertz CT molecular complexity index is 329. The van der Waals surface area contributed by atoms with Gasteiger partial charge < -0.3 is 14.6 Å². The summed E-state index contributed by atoms with van der Waals surface area (Å²) in [6.45, 7) is 22.1. The summed E-state index contributed by atoms with van der Waals surface area (Å²) >= 11 is 0. The maximum atomic E-state index is 6.33.